The number of hydrogen-bond acceptors (Lipinski definition) is 4. The minimum Gasteiger partial charge on any atom is -0.497 e. The first-order chi connectivity index (χ1) is 12.2. The highest BCUT2D eigenvalue weighted by molar-refractivity contribution is 5.81. The standard InChI is InChI=1S/C21H22N2O2/c1-24-18-8-3-15(4-9-18)20-12-7-17(13-14-22)23-21(20)16-5-10-19(25-2)11-6-16/h3-12H,13-14,22H2,1-2H3. The topological polar surface area (TPSA) is 57.4 Å². The molecular weight excluding hydrogens is 312 g/mol. The van der Waals surface area contributed by atoms with E-state index in [1.165, 1.54) is 0 Å². The Hall–Kier alpha value is -2.85. The van der Waals surface area contributed by atoms with E-state index in [4.69, 9.17) is 20.2 Å². The number of rotatable bonds is 6. The van der Waals surface area contributed by atoms with Crippen LogP contribution in [0.2, 0.25) is 0 Å². The van der Waals surface area contributed by atoms with Gasteiger partial charge >= 0.3 is 0 Å². The van der Waals surface area contributed by atoms with E-state index in [2.05, 4.69) is 6.07 Å². The maximum atomic E-state index is 5.70. The fourth-order valence-corrected chi connectivity index (χ4v) is 2.76. The zero-order chi connectivity index (χ0) is 17.6. The molecule has 2 aromatic carbocycles. The molecule has 0 saturated heterocycles. The van der Waals surface area contributed by atoms with Crippen molar-refractivity contribution in [1.29, 1.82) is 0 Å². The van der Waals surface area contributed by atoms with Crippen molar-refractivity contribution in [1.82, 2.24) is 4.98 Å². The molecule has 1 heterocycles. The number of benzene rings is 2. The van der Waals surface area contributed by atoms with E-state index in [0.29, 0.717) is 6.54 Å². The van der Waals surface area contributed by atoms with Gasteiger partial charge in [0, 0.05) is 23.2 Å². The molecule has 4 nitrogen and oxygen atoms in total. The molecule has 0 aliphatic rings. The normalized spacial score (nSPS) is 10.5. The molecule has 0 saturated carbocycles. The smallest absolute Gasteiger partial charge is 0.118 e. The lowest BCUT2D eigenvalue weighted by Crippen LogP contribution is -2.05. The first kappa shape index (κ1) is 17.0. The van der Waals surface area contributed by atoms with Crippen molar-refractivity contribution in [3.63, 3.8) is 0 Å². The lowest BCUT2D eigenvalue weighted by Gasteiger charge is -2.12. The second-order valence-electron chi connectivity index (χ2n) is 5.69. The summed E-state index contributed by atoms with van der Waals surface area (Å²) in [5.74, 6) is 1.66. The van der Waals surface area contributed by atoms with Crippen molar-refractivity contribution in [3.05, 3.63) is 66.4 Å². The molecule has 0 aliphatic carbocycles. The van der Waals surface area contributed by atoms with E-state index in [0.717, 1.165) is 46.0 Å². The molecule has 128 valence electrons. The number of nitrogens with zero attached hydrogens (tertiary/aromatic N) is 1. The SMILES string of the molecule is COc1ccc(-c2ccc(CCN)nc2-c2ccc(OC)cc2)cc1. The first-order valence-corrected chi connectivity index (χ1v) is 8.24. The van der Waals surface area contributed by atoms with Crippen molar-refractivity contribution in [3.8, 4) is 33.9 Å². The number of hydrogen-bond donors (Lipinski definition) is 1. The van der Waals surface area contributed by atoms with Gasteiger partial charge in [-0.15, -0.1) is 0 Å². The molecule has 2 N–H and O–H groups in total. The van der Waals surface area contributed by atoms with Crippen LogP contribution in [0.25, 0.3) is 22.4 Å². The summed E-state index contributed by atoms with van der Waals surface area (Å²) in [6.45, 7) is 0.580. The van der Waals surface area contributed by atoms with Gasteiger partial charge < -0.3 is 15.2 Å². The molecule has 0 atom stereocenters. The molecule has 1 aromatic heterocycles. The summed E-state index contributed by atoms with van der Waals surface area (Å²) in [6, 6.07) is 20.1. The van der Waals surface area contributed by atoms with Crippen molar-refractivity contribution in [2.75, 3.05) is 20.8 Å². The molecule has 3 rings (SSSR count). The molecule has 4 heteroatoms. The lowest BCUT2D eigenvalue weighted by molar-refractivity contribution is 0.414. The van der Waals surface area contributed by atoms with Crippen LogP contribution in [0.4, 0.5) is 0 Å². The van der Waals surface area contributed by atoms with Gasteiger partial charge in [0.15, 0.2) is 0 Å². The molecule has 25 heavy (non-hydrogen) atoms. The molecule has 0 fully saturated rings. The van der Waals surface area contributed by atoms with E-state index >= 15 is 0 Å². The Kier molecular flexibility index (Phi) is 5.31. The van der Waals surface area contributed by atoms with E-state index in [9.17, 15) is 0 Å². The summed E-state index contributed by atoms with van der Waals surface area (Å²) in [5.41, 5.74) is 10.9. The van der Waals surface area contributed by atoms with Crippen LogP contribution >= 0.6 is 0 Å². The van der Waals surface area contributed by atoms with Gasteiger partial charge in [-0.3, -0.25) is 4.98 Å². The molecular formula is C21H22N2O2. The quantitative estimate of drug-likeness (QED) is 0.742. The van der Waals surface area contributed by atoms with Gasteiger partial charge in [0.1, 0.15) is 11.5 Å². The van der Waals surface area contributed by atoms with Gasteiger partial charge in [-0.05, 0) is 54.6 Å². The van der Waals surface area contributed by atoms with Crippen LogP contribution in [0.5, 0.6) is 11.5 Å². The summed E-state index contributed by atoms with van der Waals surface area (Å²) in [7, 11) is 3.33. The number of pyridine rings is 1. The van der Waals surface area contributed by atoms with Crippen LogP contribution in [0.15, 0.2) is 60.7 Å². The van der Waals surface area contributed by atoms with Crippen molar-refractivity contribution in [2.24, 2.45) is 5.73 Å². The maximum absolute atomic E-state index is 5.70. The Morgan fingerprint density at radius 3 is 1.84 bits per heavy atom. The molecule has 0 radical (unpaired) electrons. The Bertz CT molecular complexity index is 828. The number of aromatic nitrogens is 1. The second-order valence-corrected chi connectivity index (χ2v) is 5.69. The first-order valence-electron chi connectivity index (χ1n) is 8.24. The molecule has 0 aliphatic heterocycles. The molecule has 3 aromatic rings. The molecule has 0 unspecified atom stereocenters. The minimum absolute atomic E-state index is 0.580. The van der Waals surface area contributed by atoms with Crippen molar-refractivity contribution >= 4 is 0 Å². The Balaban J connectivity index is 2.09. The zero-order valence-corrected chi connectivity index (χ0v) is 14.5. The summed E-state index contributed by atoms with van der Waals surface area (Å²) < 4.78 is 10.5. The monoisotopic (exact) mass is 334 g/mol. The van der Waals surface area contributed by atoms with Crippen LogP contribution in [0, 0.1) is 0 Å². The number of ether oxygens (including phenoxy) is 2. The third kappa shape index (κ3) is 3.80. The van der Waals surface area contributed by atoms with Crippen LogP contribution in [0.1, 0.15) is 5.69 Å². The van der Waals surface area contributed by atoms with Gasteiger partial charge in [-0.2, -0.15) is 0 Å². The summed E-state index contributed by atoms with van der Waals surface area (Å²) >= 11 is 0. The fourth-order valence-electron chi connectivity index (χ4n) is 2.76. The molecule has 0 spiro atoms. The highest BCUT2D eigenvalue weighted by Gasteiger charge is 2.11. The molecule has 0 bridgehead atoms. The summed E-state index contributed by atoms with van der Waals surface area (Å²) in [5, 5.41) is 0. The number of nitrogens with two attached hydrogens (primary N) is 1. The van der Waals surface area contributed by atoms with Crippen LogP contribution in [0.3, 0.4) is 0 Å². The van der Waals surface area contributed by atoms with Crippen molar-refractivity contribution < 1.29 is 9.47 Å². The average molecular weight is 334 g/mol. The Labute approximate surface area is 148 Å². The van der Waals surface area contributed by atoms with Crippen molar-refractivity contribution in [2.45, 2.75) is 6.42 Å². The third-order valence-electron chi connectivity index (χ3n) is 4.12. The van der Waals surface area contributed by atoms with Gasteiger partial charge in [0.2, 0.25) is 0 Å². The van der Waals surface area contributed by atoms with E-state index in [-0.39, 0.29) is 0 Å². The van der Waals surface area contributed by atoms with Crippen LogP contribution in [-0.2, 0) is 6.42 Å². The van der Waals surface area contributed by atoms with Gasteiger partial charge in [0.25, 0.3) is 0 Å². The summed E-state index contributed by atoms with van der Waals surface area (Å²) in [4.78, 5) is 4.86. The van der Waals surface area contributed by atoms with Gasteiger partial charge in [0.05, 0.1) is 19.9 Å². The minimum atomic E-state index is 0.580. The Morgan fingerprint density at radius 1 is 0.760 bits per heavy atom. The van der Waals surface area contributed by atoms with Gasteiger partial charge in [-0.1, -0.05) is 18.2 Å². The fraction of sp³-hybridized carbons (Fsp3) is 0.190. The predicted octanol–water partition coefficient (Wildman–Crippen LogP) is 3.93. The molecule has 0 amide bonds. The van der Waals surface area contributed by atoms with Crippen LogP contribution in [-0.4, -0.2) is 25.7 Å². The second kappa shape index (κ2) is 7.81. The largest absolute Gasteiger partial charge is 0.497 e. The van der Waals surface area contributed by atoms with E-state index in [1.54, 1.807) is 14.2 Å². The average Bonchev–Trinajstić information content (AvgIpc) is 2.68. The lowest BCUT2D eigenvalue weighted by atomic mass is 9.98. The zero-order valence-electron chi connectivity index (χ0n) is 14.5. The van der Waals surface area contributed by atoms with E-state index in [1.807, 2.05) is 54.6 Å². The van der Waals surface area contributed by atoms with Crippen LogP contribution < -0.4 is 15.2 Å². The summed E-state index contributed by atoms with van der Waals surface area (Å²) in [6.07, 6.45) is 0.756. The number of methoxy groups -OCH3 is 2. The van der Waals surface area contributed by atoms with Gasteiger partial charge in [-0.25, -0.2) is 0 Å². The highest BCUT2D eigenvalue weighted by Crippen LogP contribution is 2.32. The van der Waals surface area contributed by atoms with E-state index < -0.39 is 0 Å². The highest BCUT2D eigenvalue weighted by atomic mass is 16.5. The predicted molar refractivity (Wildman–Crippen MR) is 101 cm³/mol. The third-order valence-corrected chi connectivity index (χ3v) is 4.12. The Morgan fingerprint density at radius 2 is 1.32 bits per heavy atom. The maximum Gasteiger partial charge on any atom is 0.118 e.